The van der Waals surface area contributed by atoms with E-state index in [-0.39, 0.29) is 5.69 Å². The molecule has 4 rings (SSSR count). The van der Waals surface area contributed by atoms with Crippen LogP contribution in [0.3, 0.4) is 0 Å². The van der Waals surface area contributed by atoms with Crippen LogP contribution in [0.2, 0.25) is 0 Å². The minimum atomic E-state index is -0.509. The first kappa shape index (κ1) is 18.9. The Kier molecular flexibility index (Phi) is 5.25. The summed E-state index contributed by atoms with van der Waals surface area (Å²) in [5, 5.41) is 6.80. The molecule has 0 aliphatic heterocycles. The van der Waals surface area contributed by atoms with Gasteiger partial charge in [-0.3, -0.25) is 25.5 Å². The largest absolute Gasteiger partial charge is 0.497 e. The number of nitrogens with zero attached hydrogens (tertiary/aromatic N) is 3. The molecule has 2 heterocycles. The molecule has 150 valence electrons. The first-order valence-electron chi connectivity index (χ1n) is 9.03. The van der Waals surface area contributed by atoms with Gasteiger partial charge in [-0.05, 0) is 54.6 Å². The molecule has 3 N–H and O–H groups in total. The van der Waals surface area contributed by atoms with Gasteiger partial charge in [-0.1, -0.05) is 0 Å². The third-order valence-corrected chi connectivity index (χ3v) is 4.43. The zero-order chi connectivity index (χ0) is 20.9. The standard InChI is InChI=1S/C21H18N6O3/c1-30-17-8-4-14(5-9-17)18-12-19(24-23-18)21(29)26-25-20(28)15-2-6-16(7-3-15)27-11-10-22-13-27/h2-13H,1H3,(H,23,24)(H,25,28)(H,26,29). The second-order valence-electron chi connectivity index (χ2n) is 6.32. The minimum absolute atomic E-state index is 0.219. The van der Waals surface area contributed by atoms with Gasteiger partial charge in [0.2, 0.25) is 0 Å². The molecule has 0 atom stereocenters. The Bertz CT molecular complexity index is 1150. The number of H-pyrrole nitrogens is 1. The van der Waals surface area contributed by atoms with Crippen LogP contribution in [0.5, 0.6) is 5.75 Å². The molecule has 4 aromatic rings. The summed E-state index contributed by atoms with van der Waals surface area (Å²) in [6.45, 7) is 0. The predicted octanol–water partition coefficient (Wildman–Crippen LogP) is 2.35. The molecule has 0 aliphatic rings. The molecule has 0 saturated heterocycles. The van der Waals surface area contributed by atoms with Crippen molar-refractivity contribution in [1.29, 1.82) is 0 Å². The van der Waals surface area contributed by atoms with Crippen LogP contribution in [0.4, 0.5) is 0 Å². The summed E-state index contributed by atoms with van der Waals surface area (Å²) in [7, 11) is 1.59. The summed E-state index contributed by atoms with van der Waals surface area (Å²) in [5.74, 6) is -0.214. The van der Waals surface area contributed by atoms with Gasteiger partial charge in [0, 0.05) is 29.2 Å². The zero-order valence-corrected chi connectivity index (χ0v) is 16.0. The van der Waals surface area contributed by atoms with E-state index < -0.39 is 11.8 Å². The lowest BCUT2D eigenvalue weighted by molar-refractivity contribution is 0.0844. The number of aromatic nitrogens is 4. The van der Waals surface area contributed by atoms with Gasteiger partial charge in [0.1, 0.15) is 11.4 Å². The van der Waals surface area contributed by atoms with Crippen LogP contribution >= 0.6 is 0 Å². The fraction of sp³-hybridized carbons (Fsp3) is 0.0476. The molecule has 0 radical (unpaired) electrons. The maximum Gasteiger partial charge on any atom is 0.287 e. The van der Waals surface area contributed by atoms with E-state index in [1.807, 2.05) is 28.8 Å². The smallest absolute Gasteiger partial charge is 0.287 e. The number of imidazole rings is 1. The number of hydrogen-bond acceptors (Lipinski definition) is 5. The summed E-state index contributed by atoms with van der Waals surface area (Å²) in [4.78, 5) is 28.6. The van der Waals surface area contributed by atoms with Gasteiger partial charge in [0.15, 0.2) is 0 Å². The minimum Gasteiger partial charge on any atom is -0.497 e. The predicted molar refractivity (Wildman–Crippen MR) is 109 cm³/mol. The Morgan fingerprint density at radius 3 is 2.40 bits per heavy atom. The van der Waals surface area contributed by atoms with E-state index in [0.717, 1.165) is 17.0 Å². The molecule has 0 bridgehead atoms. The lowest BCUT2D eigenvalue weighted by Gasteiger charge is -2.07. The van der Waals surface area contributed by atoms with Crippen molar-refractivity contribution in [2.45, 2.75) is 0 Å². The molecule has 9 nitrogen and oxygen atoms in total. The first-order valence-corrected chi connectivity index (χ1v) is 9.03. The monoisotopic (exact) mass is 402 g/mol. The highest BCUT2D eigenvalue weighted by molar-refractivity contribution is 5.98. The van der Waals surface area contributed by atoms with Crippen molar-refractivity contribution in [3.05, 3.63) is 84.6 Å². The highest BCUT2D eigenvalue weighted by Gasteiger charge is 2.13. The number of methoxy groups -OCH3 is 1. The molecule has 2 amide bonds. The van der Waals surface area contributed by atoms with Crippen LogP contribution in [0.15, 0.2) is 73.3 Å². The third-order valence-electron chi connectivity index (χ3n) is 4.43. The van der Waals surface area contributed by atoms with E-state index >= 15 is 0 Å². The lowest BCUT2D eigenvalue weighted by Crippen LogP contribution is -2.41. The topological polar surface area (TPSA) is 114 Å². The molecule has 9 heteroatoms. The fourth-order valence-corrected chi connectivity index (χ4v) is 2.80. The van der Waals surface area contributed by atoms with Crippen molar-refractivity contribution in [2.75, 3.05) is 7.11 Å². The molecule has 2 aromatic carbocycles. The maximum atomic E-state index is 12.3. The third kappa shape index (κ3) is 4.04. The Hall–Kier alpha value is -4.40. The number of benzene rings is 2. The Morgan fingerprint density at radius 2 is 1.73 bits per heavy atom. The van der Waals surface area contributed by atoms with Crippen molar-refractivity contribution < 1.29 is 14.3 Å². The van der Waals surface area contributed by atoms with Gasteiger partial charge in [-0.15, -0.1) is 0 Å². The second kappa shape index (κ2) is 8.31. The molecule has 0 spiro atoms. The average molecular weight is 402 g/mol. The Labute approximate surface area is 171 Å². The molecule has 0 unspecified atom stereocenters. The average Bonchev–Trinajstić information content (AvgIpc) is 3.50. The molecular formula is C21H18N6O3. The van der Waals surface area contributed by atoms with Crippen LogP contribution < -0.4 is 15.6 Å². The normalized spacial score (nSPS) is 10.4. The van der Waals surface area contributed by atoms with E-state index in [4.69, 9.17) is 4.74 Å². The SMILES string of the molecule is COc1ccc(-c2cc(C(=O)NNC(=O)c3ccc(-n4ccnc4)cc3)[nH]n2)cc1. The quantitative estimate of drug-likeness (QED) is 0.444. The maximum absolute atomic E-state index is 12.3. The van der Waals surface area contributed by atoms with E-state index in [0.29, 0.717) is 11.3 Å². The van der Waals surface area contributed by atoms with Crippen molar-refractivity contribution >= 4 is 11.8 Å². The number of amides is 2. The van der Waals surface area contributed by atoms with Gasteiger partial charge in [-0.2, -0.15) is 5.10 Å². The van der Waals surface area contributed by atoms with E-state index in [1.54, 1.807) is 56.2 Å². The van der Waals surface area contributed by atoms with Crippen LogP contribution in [0, 0.1) is 0 Å². The van der Waals surface area contributed by atoms with Crippen LogP contribution in [-0.2, 0) is 0 Å². The number of aromatic amines is 1. The summed E-state index contributed by atoms with van der Waals surface area (Å²) < 4.78 is 6.95. The second-order valence-corrected chi connectivity index (χ2v) is 6.32. The molecule has 2 aromatic heterocycles. The fourth-order valence-electron chi connectivity index (χ4n) is 2.80. The molecule has 30 heavy (non-hydrogen) atoms. The first-order chi connectivity index (χ1) is 14.6. The van der Waals surface area contributed by atoms with E-state index in [1.165, 1.54) is 0 Å². The van der Waals surface area contributed by atoms with Gasteiger partial charge in [0.25, 0.3) is 11.8 Å². The Balaban J connectivity index is 1.36. The van der Waals surface area contributed by atoms with Crippen molar-refractivity contribution in [1.82, 2.24) is 30.6 Å². The van der Waals surface area contributed by atoms with Crippen molar-refractivity contribution in [3.63, 3.8) is 0 Å². The molecular weight excluding hydrogens is 384 g/mol. The van der Waals surface area contributed by atoms with Gasteiger partial charge in [0.05, 0.1) is 19.1 Å². The van der Waals surface area contributed by atoms with Gasteiger partial charge >= 0.3 is 0 Å². The molecule has 0 fully saturated rings. The summed E-state index contributed by atoms with van der Waals surface area (Å²) in [6.07, 6.45) is 5.14. The summed E-state index contributed by atoms with van der Waals surface area (Å²) in [6, 6.07) is 15.8. The van der Waals surface area contributed by atoms with Crippen molar-refractivity contribution in [2.24, 2.45) is 0 Å². The highest BCUT2D eigenvalue weighted by Crippen LogP contribution is 2.21. The van der Waals surface area contributed by atoms with Crippen LogP contribution in [0.1, 0.15) is 20.8 Å². The number of ether oxygens (including phenoxy) is 1. The van der Waals surface area contributed by atoms with Gasteiger partial charge in [-0.25, -0.2) is 4.98 Å². The van der Waals surface area contributed by atoms with Crippen LogP contribution in [0.25, 0.3) is 16.9 Å². The highest BCUT2D eigenvalue weighted by atomic mass is 16.5. The zero-order valence-electron chi connectivity index (χ0n) is 16.0. The number of nitrogens with one attached hydrogen (secondary N) is 3. The number of hydrazine groups is 1. The van der Waals surface area contributed by atoms with Crippen molar-refractivity contribution in [3.8, 4) is 22.7 Å². The lowest BCUT2D eigenvalue weighted by atomic mass is 10.1. The number of rotatable bonds is 5. The summed E-state index contributed by atoms with van der Waals surface area (Å²) >= 11 is 0. The molecule has 0 saturated carbocycles. The summed E-state index contributed by atoms with van der Waals surface area (Å²) in [5.41, 5.74) is 7.70. The van der Waals surface area contributed by atoms with Crippen LogP contribution in [-0.4, -0.2) is 38.7 Å². The van der Waals surface area contributed by atoms with Gasteiger partial charge < -0.3 is 9.30 Å². The van der Waals surface area contributed by atoms with E-state index in [9.17, 15) is 9.59 Å². The van der Waals surface area contributed by atoms with E-state index in [2.05, 4.69) is 26.0 Å². The number of carbonyl (C=O) groups is 2. The molecule has 0 aliphatic carbocycles. The Morgan fingerprint density at radius 1 is 1.00 bits per heavy atom. The number of carbonyl (C=O) groups excluding carboxylic acids is 2. The number of hydrogen-bond donors (Lipinski definition) is 3.